The molecule has 2 nitrogen and oxygen atoms in total. The third-order valence-electron chi connectivity index (χ3n) is 4.20. The molecule has 2 aromatic rings. The van der Waals surface area contributed by atoms with Gasteiger partial charge in [0.15, 0.2) is 0 Å². The predicted molar refractivity (Wildman–Crippen MR) is 76.3 cm³/mol. The first-order chi connectivity index (χ1) is 9.42. The monoisotopic (exact) mass is 242 g/mol. The minimum absolute atomic E-state index is 1.00. The molecule has 1 heterocycles. The summed E-state index contributed by atoms with van der Waals surface area (Å²) in [5.74, 6) is 0. The van der Waals surface area contributed by atoms with Crippen LogP contribution in [0.2, 0.25) is 0 Å². The molecule has 0 atom stereocenters. The van der Waals surface area contributed by atoms with Crippen molar-refractivity contribution in [1.82, 2.24) is 10.2 Å². The van der Waals surface area contributed by atoms with Crippen LogP contribution in [0.1, 0.15) is 17.7 Å². The predicted octanol–water partition coefficient (Wildman–Crippen LogP) is 3.68. The Morgan fingerprint density at radius 3 is 3.16 bits per heavy atom. The smallest absolute Gasteiger partial charge is 0.102 e. The molecule has 3 aliphatic carbocycles. The number of nitrogens with zero attached hydrogens (tertiary/aromatic N) is 2. The second-order valence-electron chi connectivity index (χ2n) is 5.18. The Bertz CT molecular complexity index is 874. The zero-order chi connectivity index (χ0) is 12.4. The zero-order valence-electron chi connectivity index (χ0n) is 10.2. The van der Waals surface area contributed by atoms with Gasteiger partial charge in [0, 0.05) is 16.3 Å². The van der Waals surface area contributed by atoms with E-state index in [0.29, 0.717) is 0 Å². The highest BCUT2D eigenvalue weighted by Gasteiger charge is 2.29. The molecule has 0 saturated carbocycles. The van der Waals surface area contributed by atoms with Gasteiger partial charge in [0.1, 0.15) is 5.69 Å². The quantitative estimate of drug-likeness (QED) is 0.704. The van der Waals surface area contributed by atoms with Crippen LogP contribution >= 0.6 is 0 Å². The van der Waals surface area contributed by atoms with Crippen LogP contribution in [0, 0.1) is 0 Å². The third kappa shape index (κ3) is 1.07. The van der Waals surface area contributed by atoms with Gasteiger partial charge in [-0.15, -0.1) is 5.10 Å². The fourth-order valence-electron chi connectivity index (χ4n) is 3.33. The summed E-state index contributed by atoms with van der Waals surface area (Å²) in [4.78, 5) is 0. The lowest BCUT2D eigenvalue weighted by molar-refractivity contribution is 1.03. The number of hydrogen-bond donors (Lipinski definition) is 0. The second-order valence-corrected chi connectivity index (χ2v) is 5.18. The maximum absolute atomic E-state index is 4.38. The van der Waals surface area contributed by atoms with Crippen molar-refractivity contribution in [3.63, 3.8) is 0 Å². The van der Waals surface area contributed by atoms with Crippen molar-refractivity contribution < 1.29 is 0 Å². The highest BCUT2D eigenvalue weighted by molar-refractivity contribution is 6.16. The topological polar surface area (TPSA) is 25.8 Å². The summed E-state index contributed by atoms with van der Waals surface area (Å²) in [5, 5.41) is 11.0. The van der Waals surface area contributed by atoms with Crippen molar-refractivity contribution in [3.05, 3.63) is 71.1 Å². The van der Waals surface area contributed by atoms with Crippen LogP contribution in [0.5, 0.6) is 0 Å². The van der Waals surface area contributed by atoms with E-state index in [0.717, 1.165) is 12.1 Å². The van der Waals surface area contributed by atoms with Crippen molar-refractivity contribution in [2.24, 2.45) is 0 Å². The Kier molecular flexibility index (Phi) is 1.54. The Hall–Kier alpha value is -2.48. The maximum atomic E-state index is 4.38. The molecule has 0 spiro atoms. The molecule has 2 heteroatoms. The van der Waals surface area contributed by atoms with E-state index in [9.17, 15) is 0 Å². The first-order valence-corrected chi connectivity index (χ1v) is 6.49. The Morgan fingerprint density at radius 2 is 2.16 bits per heavy atom. The van der Waals surface area contributed by atoms with E-state index in [1.54, 1.807) is 0 Å². The van der Waals surface area contributed by atoms with E-state index in [1.807, 2.05) is 6.20 Å². The molecular weight excluding hydrogens is 232 g/mol. The van der Waals surface area contributed by atoms with Crippen LogP contribution in [0.4, 0.5) is 0 Å². The van der Waals surface area contributed by atoms with Crippen molar-refractivity contribution in [2.75, 3.05) is 0 Å². The van der Waals surface area contributed by atoms with Gasteiger partial charge in [0.05, 0.1) is 6.20 Å². The van der Waals surface area contributed by atoms with Gasteiger partial charge in [-0.2, -0.15) is 5.10 Å². The van der Waals surface area contributed by atoms with Crippen LogP contribution < -0.4 is 0 Å². The van der Waals surface area contributed by atoms with Crippen molar-refractivity contribution in [3.8, 4) is 0 Å². The number of aromatic nitrogens is 2. The average molecular weight is 242 g/mol. The molecule has 0 aliphatic heterocycles. The fourth-order valence-corrected chi connectivity index (χ4v) is 3.33. The van der Waals surface area contributed by atoms with Crippen LogP contribution in [0.25, 0.3) is 21.9 Å². The van der Waals surface area contributed by atoms with Gasteiger partial charge in [-0.05, 0) is 34.8 Å². The lowest BCUT2D eigenvalue weighted by Crippen LogP contribution is -1.96. The Morgan fingerprint density at radius 1 is 1.16 bits per heavy atom. The molecule has 0 bridgehead atoms. The van der Waals surface area contributed by atoms with E-state index in [1.165, 1.54) is 38.6 Å². The number of benzene rings is 1. The summed E-state index contributed by atoms with van der Waals surface area (Å²) < 4.78 is 0. The van der Waals surface area contributed by atoms with Crippen molar-refractivity contribution in [2.45, 2.75) is 6.42 Å². The molecule has 0 saturated heterocycles. The number of hydrogen-bond acceptors (Lipinski definition) is 2. The number of allylic oxidation sites excluding steroid dienone is 8. The van der Waals surface area contributed by atoms with Crippen LogP contribution in [-0.4, -0.2) is 10.2 Å². The first-order valence-electron chi connectivity index (χ1n) is 6.49. The Balaban J connectivity index is 1.90. The van der Waals surface area contributed by atoms with Gasteiger partial charge < -0.3 is 0 Å². The summed E-state index contributed by atoms with van der Waals surface area (Å²) in [6.45, 7) is 0. The SMILES string of the molecule is C1=CC2=CC3=C(CC2=C1)c1cccc2cnnc3c12. The summed E-state index contributed by atoms with van der Waals surface area (Å²) in [7, 11) is 0. The van der Waals surface area contributed by atoms with E-state index in [4.69, 9.17) is 0 Å². The van der Waals surface area contributed by atoms with E-state index >= 15 is 0 Å². The largest absolute Gasteiger partial charge is 0.158 e. The average Bonchev–Trinajstić information content (AvgIpc) is 3.02. The van der Waals surface area contributed by atoms with Crippen LogP contribution in [0.3, 0.4) is 0 Å². The molecule has 3 aliphatic rings. The van der Waals surface area contributed by atoms with Gasteiger partial charge in [0.2, 0.25) is 0 Å². The highest BCUT2D eigenvalue weighted by atomic mass is 15.1. The highest BCUT2D eigenvalue weighted by Crippen LogP contribution is 2.48. The zero-order valence-corrected chi connectivity index (χ0v) is 10.2. The number of rotatable bonds is 0. The van der Waals surface area contributed by atoms with Gasteiger partial charge >= 0.3 is 0 Å². The molecular formula is C17H10N2. The molecule has 0 fully saturated rings. The van der Waals surface area contributed by atoms with Crippen molar-refractivity contribution in [1.29, 1.82) is 0 Å². The lowest BCUT2D eigenvalue weighted by atomic mass is 9.89. The van der Waals surface area contributed by atoms with Gasteiger partial charge in [-0.1, -0.05) is 36.4 Å². The normalized spacial score (nSPS) is 18.5. The summed E-state index contributed by atoms with van der Waals surface area (Å²) in [6.07, 6.45) is 11.6. The summed E-state index contributed by atoms with van der Waals surface area (Å²) in [6, 6.07) is 6.43. The molecule has 0 unspecified atom stereocenters. The van der Waals surface area contributed by atoms with Gasteiger partial charge in [-0.3, -0.25) is 0 Å². The van der Waals surface area contributed by atoms with Gasteiger partial charge in [-0.25, -0.2) is 0 Å². The molecule has 19 heavy (non-hydrogen) atoms. The van der Waals surface area contributed by atoms with E-state index in [-0.39, 0.29) is 0 Å². The summed E-state index contributed by atoms with van der Waals surface area (Å²) in [5.41, 5.74) is 7.79. The Labute approximate surface area is 110 Å². The first kappa shape index (κ1) is 9.45. The van der Waals surface area contributed by atoms with Crippen molar-refractivity contribution >= 4 is 21.9 Å². The minimum Gasteiger partial charge on any atom is -0.158 e. The standard InChI is InChI=1S/C17H10N2/c1-3-10-7-14-13-6-2-5-12-9-18-19-17(16(12)13)15(14)8-11(10)4-1/h1-6,8-9H,7H2. The second kappa shape index (κ2) is 3.09. The number of fused-ring (bicyclic) bond motifs is 3. The molecule has 5 rings (SSSR count). The molecule has 0 N–H and O–H groups in total. The van der Waals surface area contributed by atoms with E-state index in [2.05, 4.69) is 52.7 Å². The van der Waals surface area contributed by atoms with Gasteiger partial charge in [0.25, 0.3) is 0 Å². The van der Waals surface area contributed by atoms with Crippen LogP contribution in [-0.2, 0) is 0 Å². The minimum atomic E-state index is 1.00. The molecule has 88 valence electrons. The van der Waals surface area contributed by atoms with Crippen LogP contribution in [0.15, 0.2) is 59.8 Å². The lowest BCUT2D eigenvalue weighted by Gasteiger charge is -2.15. The van der Waals surface area contributed by atoms with E-state index < -0.39 is 0 Å². The third-order valence-corrected chi connectivity index (χ3v) is 4.20. The molecule has 0 radical (unpaired) electrons. The maximum Gasteiger partial charge on any atom is 0.102 e. The molecule has 1 aromatic heterocycles. The summed E-state index contributed by atoms with van der Waals surface area (Å²) >= 11 is 0. The molecule has 1 aromatic carbocycles. The fraction of sp³-hybridized carbons (Fsp3) is 0.0588. The molecule has 0 amide bonds.